The zero-order valence-corrected chi connectivity index (χ0v) is 10.5. The zero-order valence-electron chi connectivity index (χ0n) is 8.13. The van der Waals surface area contributed by atoms with Gasteiger partial charge >= 0.3 is 0 Å². The van der Waals surface area contributed by atoms with Crippen LogP contribution in [0.15, 0.2) is 18.2 Å². The standard InChI is InChI=1S/C10H11BrClNO2/c1-6(11)5-13-10(15)8-3-2-7(12)4-9(8)14/h2-4,6,14H,5H2,1H3,(H,13,15). The van der Waals surface area contributed by atoms with Crippen LogP contribution in [0.25, 0.3) is 0 Å². The van der Waals surface area contributed by atoms with E-state index in [1.54, 1.807) is 6.07 Å². The molecule has 1 atom stereocenters. The largest absolute Gasteiger partial charge is 0.507 e. The first-order chi connectivity index (χ1) is 7.00. The lowest BCUT2D eigenvalue weighted by Gasteiger charge is -2.07. The average Bonchev–Trinajstić information content (AvgIpc) is 2.14. The summed E-state index contributed by atoms with van der Waals surface area (Å²) >= 11 is 8.96. The Kier molecular flexibility index (Phi) is 4.42. The van der Waals surface area contributed by atoms with Crippen LogP contribution in [0.3, 0.4) is 0 Å². The van der Waals surface area contributed by atoms with Gasteiger partial charge in [0.1, 0.15) is 5.75 Å². The van der Waals surface area contributed by atoms with Gasteiger partial charge in [-0.05, 0) is 18.2 Å². The number of amides is 1. The van der Waals surface area contributed by atoms with Gasteiger partial charge in [0, 0.05) is 16.4 Å². The normalized spacial score (nSPS) is 12.2. The van der Waals surface area contributed by atoms with Crippen LogP contribution in [0.1, 0.15) is 17.3 Å². The molecule has 0 radical (unpaired) electrons. The molecule has 0 spiro atoms. The number of phenolic OH excluding ortho intramolecular Hbond substituents is 1. The molecular weight excluding hydrogens is 281 g/mol. The Labute approximate surface area is 102 Å². The lowest BCUT2D eigenvalue weighted by Crippen LogP contribution is -2.28. The van der Waals surface area contributed by atoms with Crippen LogP contribution in [0, 0.1) is 0 Å². The van der Waals surface area contributed by atoms with Crippen LogP contribution in [0.5, 0.6) is 5.75 Å². The zero-order chi connectivity index (χ0) is 11.4. The summed E-state index contributed by atoms with van der Waals surface area (Å²) in [5, 5.41) is 12.5. The van der Waals surface area contributed by atoms with E-state index >= 15 is 0 Å². The predicted molar refractivity (Wildman–Crippen MR) is 63.8 cm³/mol. The van der Waals surface area contributed by atoms with E-state index in [0.29, 0.717) is 11.6 Å². The van der Waals surface area contributed by atoms with Crippen LogP contribution in [0.4, 0.5) is 0 Å². The highest BCUT2D eigenvalue weighted by Gasteiger charge is 2.11. The number of hydrogen-bond donors (Lipinski definition) is 2. The molecule has 82 valence electrons. The Hall–Kier alpha value is -0.740. The molecule has 0 bridgehead atoms. The second kappa shape index (κ2) is 5.37. The molecular formula is C10H11BrClNO2. The van der Waals surface area contributed by atoms with Crippen molar-refractivity contribution < 1.29 is 9.90 Å². The van der Waals surface area contributed by atoms with Crippen LogP contribution < -0.4 is 5.32 Å². The summed E-state index contributed by atoms with van der Waals surface area (Å²) in [6.45, 7) is 2.42. The third kappa shape index (κ3) is 3.72. The predicted octanol–water partition coefficient (Wildman–Crippen LogP) is 2.56. The Morgan fingerprint density at radius 2 is 2.33 bits per heavy atom. The number of carbonyl (C=O) groups is 1. The van der Waals surface area contributed by atoms with Crippen molar-refractivity contribution in [3.05, 3.63) is 28.8 Å². The first kappa shape index (κ1) is 12.3. The first-order valence-electron chi connectivity index (χ1n) is 4.41. The molecule has 0 aliphatic heterocycles. The summed E-state index contributed by atoms with van der Waals surface area (Å²) < 4.78 is 0. The van der Waals surface area contributed by atoms with Crippen LogP contribution >= 0.6 is 27.5 Å². The number of benzene rings is 1. The molecule has 0 aliphatic rings. The molecule has 0 saturated heterocycles. The fraction of sp³-hybridized carbons (Fsp3) is 0.300. The second-order valence-corrected chi connectivity index (χ2v) is 5.15. The van der Waals surface area contributed by atoms with Gasteiger partial charge < -0.3 is 10.4 Å². The van der Waals surface area contributed by atoms with E-state index in [2.05, 4.69) is 21.2 Å². The first-order valence-corrected chi connectivity index (χ1v) is 5.71. The Morgan fingerprint density at radius 3 is 2.87 bits per heavy atom. The highest BCUT2D eigenvalue weighted by Crippen LogP contribution is 2.21. The molecule has 0 saturated carbocycles. The van der Waals surface area contributed by atoms with E-state index in [9.17, 15) is 9.90 Å². The summed E-state index contributed by atoms with van der Waals surface area (Å²) in [4.78, 5) is 11.7. The molecule has 0 fully saturated rings. The van der Waals surface area contributed by atoms with Crippen molar-refractivity contribution in [1.82, 2.24) is 5.32 Å². The van der Waals surface area contributed by atoms with Crippen LogP contribution in [0.2, 0.25) is 5.02 Å². The minimum Gasteiger partial charge on any atom is -0.507 e. The van der Waals surface area contributed by atoms with Gasteiger partial charge in [0.2, 0.25) is 0 Å². The number of halogens is 2. The van der Waals surface area contributed by atoms with Crippen molar-refractivity contribution in [2.75, 3.05) is 6.54 Å². The maximum atomic E-state index is 11.5. The number of alkyl halides is 1. The molecule has 1 aromatic carbocycles. The molecule has 3 nitrogen and oxygen atoms in total. The number of rotatable bonds is 3. The van der Waals surface area contributed by atoms with Gasteiger partial charge in [-0.1, -0.05) is 34.5 Å². The Bertz CT molecular complexity index is 368. The molecule has 15 heavy (non-hydrogen) atoms. The van der Waals surface area contributed by atoms with Crippen molar-refractivity contribution in [3.8, 4) is 5.75 Å². The molecule has 2 N–H and O–H groups in total. The molecule has 0 heterocycles. The topological polar surface area (TPSA) is 49.3 Å². The average molecular weight is 293 g/mol. The molecule has 1 amide bonds. The molecule has 1 unspecified atom stereocenters. The third-order valence-electron chi connectivity index (χ3n) is 1.75. The molecule has 0 aromatic heterocycles. The minimum atomic E-state index is -0.310. The maximum absolute atomic E-state index is 11.5. The summed E-state index contributed by atoms with van der Waals surface area (Å²) in [5.41, 5.74) is 0.229. The summed E-state index contributed by atoms with van der Waals surface area (Å²) in [6.07, 6.45) is 0. The Balaban J connectivity index is 2.74. The van der Waals surface area contributed by atoms with Crippen LogP contribution in [-0.2, 0) is 0 Å². The van der Waals surface area contributed by atoms with Crippen LogP contribution in [-0.4, -0.2) is 22.4 Å². The SMILES string of the molecule is CC(Br)CNC(=O)c1ccc(Cl)cc1O. The Morgan fingerprint density at radius 1 is 1.67 bits per heavy atom. The van der Waals surface area contributed by atoms with Crippen molar-refractivity contribution in [2.24, 2.45) is 0 Å². The van der Waals surface area contributed by atoms with Crippen molar-refractivity contribution in [1.29, 1.82) is 0 Å². The fourth-order valence-corrected chi connectivity index (χ4v) is 1.35. The number of carbonyl (C=O) groups excluding carboxylic acids is 1. The molecule has 0 aliphatic carbocycles. The van der Waals surface area contributed by atoms with Gasteiger partial charge in [0.25, 0.3) is 5.91 Å². The van der Waals surface area contributed by atoms with E-state index in [-0.39, 0.29) is 22.0 Å². The lowest BCUT2D eigenvalue weighted by molar-refractivity contribution is 0.0951. The number of nitrogens with one attached hydrogen (secondary N) is 1. The third-order valence-corrected chi connectivity index (χ3v) is 2.31. The lowest BCUT2D eigenvalue weighted by atomic mass is 10.2. The molecule has 5 heteroatoms. The number of phenols is 1. The van der Waals surface area contributed by atoms with Gasteiger partial charge in [0.15, 0.2) is 0 Å². The monoisotopic (exact) mass is 291 g/mol. The van der Waals surface area contributed by atoms with Gasteiger partial charge in [-0.15, -0.1) is 0 Å². The van der Waals surface area contributed by atoms with Crippen molar-refractivity contribution in [2.45, 2.75) is 11.8 Å². The van der Waals surface area contributed by atoms with Gasteiger partial charge in [-0.2, -0.15) is 0 Å². The molecule has 1 aromatic rings. The fourth-order valence-electron chi connectivity index (χ4n) is 1.03. The van der Waals surface area contributed by atoms with Crippen molar-refractivity contribution in [3.63, 3.8) is 0 Å². The maximum Gasteiger partial charge on any atom is 0.255 e. The smallest absolute Gasteiger partial charge is 0.255 e. The van der Waals surface area contributed by atoms with Crippen molar-refractivity contribution >= 4 is 33.4 Å². The summed E-state index contributed by atoms with van der Waals surface area (Å²) in [7, 11) is 0. The van der Waals surface area contributed by atoms with Gasteiger partial charge in [-0.3, -0.25) is 4.79 Å². The van der Waals surface area contributed by atoms with E-state index < -0.39 is 0 Å². The summed E-state index contributed by atoms with van der Waals surface area (Å²) in [5.74, 6) is -0.419. The van der Waals surface area contributed by atoms with Gasteiger partial charge in [0.05, 0.1) is 5.56 Å². The minimum absolute atomic E-state index is 0.109. The number of aromatic hydroxyl groups is 1. The van der Waals surface area contributed by atoms with E-state index in [4.69, 9.17) is 11.6 Å². The number of hydrogen-bond acceptors (Lipinski definition) is 2. The summed E-state index contributed by atoms with van der Waals surface area (Å²) in [6, 6.07) is 4.40. The molecule has 1 rings (SSSR count). The van der Waals surface area contributed by atoms with E-state index in [0.717, 1.165) is 0 Å². The highest BCUT2D eigenvalue weighted by molar-refractivity contribution is 9.09. The quantitative estimate of drug-likeness (QED) is 0.841. The second-order valence-electron chi connectivity index (χ2n) is 3.15. The van der Waals surface area contributed by atoms with E-state index in [1.807, 2.05) is 6.92 Å². The highest BCUT2D eigenvalue weighted by atomic mass is 79.9. The van der Waals surface area contributed by atoms with Gasteiger partial charge in [-0.25, -0.2) is 0 Å². The van der Waals surface area contributed by atoms with E-state index in [1.165, 1.54) is 12.1 Å².